The molecule has 0 fully saturated rings. The van der Waals surface area contributed by atoms with E-state index in [1.165, 1.54) is 0 Å². The number of hydrogen-bond acceptors (Lipinski definition) is 4. The zero-order valence-electron chi connectivity index (χ0n) is 16.4. The zero-order chi connectivity index (χ0) is 20.1. The summed E-state index contributed by atoms with van der Waals surface area (Å²) in [5, 5.41) is 2.85. The van der Waals surface area contributed by atoms with Crippen molar-refractivity contribution in [2.75, 3.05) is 34.2 Å². The van der Waals surface area contributed by atoms with Crippen LogP contribution in [0.15, 0.2) is 54.7 Å². The van der Waals surface area contributed by atoms with Crippen LogP contribution in [0.1, 0.15) is 26.7 Å². The summed E-state index contributed by atoms with van der Waals surface area (Å²) in [4.78, 5) is 33.6. The number of nitrogens with zero attached hydrogens (tertiary/aromatic N) is 4. The van der Waals surface area contributed by atoms with Crippen LogP contribution in [0.2, 0.25) is 0 Å². The van der Waals surface area contributed by atoms with Crippen LogP contribution >= 0.6 is 0 Å². The summed E-state index contributed by atoms with van der Waals surface area (Å²) in [7, 11) is 5.62. The Labute approximate surface area is 164 Å². The number of pyridine rings is 1. The van der Waals surface area contributed by atoms with Crippen molar-refractivity contribution in [1.29, 1.82) is 0 Å². The molecule has 1 aromatic carbocycles. The van der Waals surface area contributed by atoms with Crippen molar-refractivity contribution in [2.24, 2.45) is 0 Å². The van der Waals surface area contributed by atoms with E-state index in [0.29, 0.717) is 18.6 Å². The molecule has 0 saturated heterocycles. The number of amides is 2. The molecule has 7 nitrogen and oxygen atoms in total. The Morgan fingerprint density at radius 3 is 2.46 bits per heavy atom. The van der Waals surface area contributed by atoms with Crippen molar-refractivity contribution < 1.29 is 9.59 Å². The van der Waals surface area contributed by atoms with Crippen molar-refractivity contribution in [2.45, 2.75) is 6.54 Å². The van der Waals surface area contributed by atoms with Crippen LogP contribution in [0.5, 0.6) is 0 Å². The quantitative estimate of drug-likeness (QED) is 0.681. The van der Waals surface area contributed by atoms with Crippen molar-refractivity contribution in [3.8, 4) is 0 Å². The molecule has 2 aromatic heterocycles. The van der Waals surface area contributed by atoms with Crippen LogP contribution in [0.25, 0.3) is 5.52 Å². The topological polar surface area (TPSA) is 70.0 Å². The van der Waals surface area contributed by atoms with Gasteiger partial charge in [-0.1, -0.05) is 36.4 Å². The van der Waals surface area contributed by atoms with Gasteiger partial charge in [0.25, 0.3) is 11.8 Å². The second-order valence-corrected chi connectivity index (χ2v) is 6.95. The summed E-state index contributed by atoms with van der Waals surface area (Å²) in [5.41, 5.74) is 1.92. The van der Waals surface area contributed by atoms with Gasteiger partial charge in [0.1, 0.15) is 0 Å². The molecule has 0 radical (unpaired) electrons. The second-order valence-electron chi connectivity index (χ2n) is 6.95. The van der Waals surface area contributed by atoms with Crippen molar-refractivity contribution >= 4 is 17.3 Å². The normalized spacial score (nSPS) is 11.0. The number of carbonyl (C=O) groups excluding carboxylic acids is 2. The number of benzene rings is 1. The average molecular weight is 379 g/mol. The first-order valence-corrected chi connectivity index (χ1v) is 9.17. The predicted molar refractivity (Wildman–Crippen MR) is 108 cm³/mol. The molecule has 1 N–H and O–H groups in total. The smallest absolute Gasteiger partial charge is 0.287 e. The van der Waals surface area contributed by atoms with Gasteiger partial charge in [-0.25, -0.2) is 4.98 Å². The number of carbonyl (C=O) groups is 2. The van der Waals surface area contributed by atoms with Crippen molar-refractivity contribution in [3.05, 3.63) is 71.8 Å². The maximum Gasteiger partial charge on any atom is 0.287 e. The number of likely N-dealkylation sites (N-methyl/N-ethyl adjacent to an activating group) is 1. The van der Waals surface area contributed by atoms with Gasteiger partial charge in [-0.3, -0.25) is 14.0 Å². The van der Waals surface area contributed by atoms with Crippen LogP contribution in [0.3, 0.4) is 0 Å². The molecule has 0 spiro atoms. The minimum absolute atomic E-state index is 0.214. The monoisotopic (exact) mass is 379 g/mol. The molecule has 0 saturated carbocycles. The highest BCUT2D eigenvalue weighted by atomic mass is 16.2. The number of imidazole rings is 1. The van der Waals surface area contributed by atoms with E-state index in [9.17, 15) is 9.59 Å². The number of aromatic nitrogens is 2. The van der Waals surface area contributed by atoms with Gasteiger partial charge in [0.15, 0.2) is 5.69 Å². The summed E-state index contributed by atoms with van der Waals surface area (Å²) < 4.78 is 1.66. The molecule has 0 atom stereocenters. The fourth-order valence-corrected chi connectivity index (χ4v) is 2.94. The molecule has 2 heterocycles. The number of fused-ring (bicyclic) bond motifs is 1. The molecule has 3 rings (SSSR count). The molecule has 0 unspecified atom stereocenters. The van der Waals surface area contributed by atoms with Gasteiger partial charge >= 0.3 is 0 Å². The van der Waals surface area contributed by atoms with E-state index in [1.807, 2.05) is 61.5 Å². The number of nitrogens with one attached hydrogen (secondary N) is 1. The molecule has 0 bridgehead atoms. The first-order chi connectivity index (χ1) is 13.5. The minimum Gasteiger partial charge on any atom is -0.348 e. The molecular weight excluding hydrogens is 354 g/mol. The first-order valence-electron chi connectivity index (χ1n) is 9.17. The molecule has 0 aliphatic carbocycles. The molecule has 7 heteroatoms. The van der Waals surface area contributed by atoms with E-state index in [-0.39, 0.29) is 23.3 Å². The lowest BCUT2D eigenvalue weighted by molar-refractivity contribution is 0.0782. The van der Waals surface area contributed by atoms with E-state index < -0.39 is 0 Å². The Bertz CT molecular complexity index is 965. The van der Waals surface area contributed by atoms with E-state index in [1.54, 1.807) is 28.6 Å². The van der Waals surface area contributed by atoms with E-state index in [0.717, 1.165) is 12.1 Å². The predicted octanol–water partition coefficient (Wildman–Crippen LogP) is 1.90. The van der Waals surface area contributed by atoms with Crippen LogP contribution in [-0.2, 0) is 6.54 Å². The molecular formula is C21H25N5O2. The zero-order valence-corrected chi connectivity index (χ0v) is 16.4. The molecule has 2 amide bonds. The Kier molecular flexibility index (Phi) is 6.06. The lowest BCUT2D eigenvalue weighted by Crippen LogP contribution is -2.32. The third-order valence-corrected chi connectivity index (χ3v) is 4.41. The second kappa shape index (κ2) is 8.67. The van der Waals surface area contributed by atoms with Crippen molar-refractivity contribution in [3.63, 3.8) is 0 Å². The van der Waals surface area contributed by atoms with Gasteiger partial charge < -0.3 is 15.1 Å². The third kappa shape index (κ3) is 4.37. The Morgan fingerprint density at radius 2 is 1.75 bits per heavy atom. The maximum atomic E-state index is 13.0. The van der Waals surface area contributed by atoms with E-state index >= 15 is 0 Å². The van der Waals surface area contributed by atoms with Crippen LogP contribution in [0.4, 0.5) is 0 Å². The highest BCUT2D eigenvalue weighted by Crippen LogP contribution is 2.16. The summed E-state index contributed by atoms with van der Waals surface area (Å²) >= 11 is 0. The number of hydrogen-bond donors (Lipinski definition) is 1. The summed E-state index contributed by atoms with van der Waals surface area (Å²) in [6.45, 7) is 1.70. The van der Waals surface area contributed by atoms with Crippen molar-refractivity contribution in [1.82, 2.24) is 24.5 Å². The Hall–Kier alpha value is -3.19. The highest BCUT2D eigenvalue weighted by Gasteiger charge is 2.23. The molecule has 28 heavy (non-hydrogen) atoms. The molecule has 0 aliphatic rings. The van der Waals surface area contributed by atoms with Gasteiger partial charge in [0.05, 0.1) is 5.52 Å². The van der Waals surface area contributed by atoms with Crippen LogP contribution < -0.4 is 5.32 Å². The van der Waals surface area contributed by atoms with E-state index in [2.05, 4.69) is 10.3 Å². The van der Waals surface area contributed by atoms with Gasteiger partial charge in [-0.15, -0.1) is 0 Å². The van der Waals surface area contributed by atoms with Gasteiger partial charge in [0, 0.05) is 32.9 Å². The fourth-order valence-electron chi connectivity index (χ4n) is 2.94. The lowest BCUT2D eigenvalue weighted by atomic mass is 10.2. The summed E-state index contributed by atoms with van der Waals surface area (Å²) in [6, 6.07) is 15.2. The molecule has 3 aromatic rings. The number of rotatable bonds is 7. The molecule has 146 valence electrons. The third-order valence-electron chi connectivity index (χ3n) is 4.41. The minimum atomic E-state index is -0.298. The Morgan fingerprint density at radius 1 is 1.04 bits per heavy atom. The van der Waals surface area contributed by atoms with Gasteiger partial charge in [-0.2, -0.15) is 0 Å². The van der Waals surface area contributed by atoms with E-state index in [4.69, 9.17) is 0 Å². The van der Waals surface area contributed by atoms with Gasteiger partial charge in [-0.05, 0) is 31.8 Å². The SMILES string of the molecule is CN(C)CCNC(=O)c1nc(C(=O)N(C)Cc2ccccc2)c2ccccn12. The highest BCUT2D eigenvalue weighted by molar-refractivity contribution is 6.02. The van der Waals surface area contributed by atoms with Crippen LogP contribution in [0, 0.1) is 0 Å². The largest absolute Gasteiger partial charge is 0.348 e. The Balaban J connectivity index is 1.85. The maximum absolute atomic E-state index is 13.0. The lowest BCUT2D eigenvalue weighted by Gasteiger charge is -2.16. The average Bonchev–Trinajstić information content (AvgIpc) is 3.07. The van der Waals surface area contributed by atoms with Gasteiger partial charge in [0.2, 0.25) is 5.82 Å². The fraction of sp³-hybridized carbons (Fsp3) is 0.286. The molecule has 0 aliphatic heterocycles. The first kappa shape index (κ1) is 19.6. The summed E-state index contributed by atoms with van der Waals surface area (Å²) in [6.07, 6.45) is 1.75. The standard InChI is InChI=1S/C21H25N5O2/c1-24(2)14-12-22-20(27)19-23-18(17-11-7-8-13-26(17)19)21(28)25(3)15-16-9-5-4-6-10-16/h4-11,13H,12,14-15H2,1-3H3,(H,22,27). The summed E-state index contributed by atoms with van der Waals surface area (Å²) in [5.74, 6) is -0.307. The van der Waals surface area contributed by atoms with Crippen LogP contribution in [-0.4, -0.2) is 65.2 Å².